The minimum Gasteiger partial charge on any atom is -0.368 e. The molecule has 6 heteroatoms. The first kappa shape index (κ1) is 14.5. The lowest BCUT2D eigenvalue weighted by Crippen LogP contribution is -2.26. The summed E-state index contributed by atoms with van der Waals surface area (Å²) in [6, 6.07) is 8.24. The van der Waals surface area contributed by atoms with E-state index in [-0.39, 0.29) is 6.04 Å². The number of rotatable bonds is 5. The summed E-state index contributed by atoms with van der Waals surface area (Å²) < 4.78 is 1.83. The van der Waals surface area contributed by atoms with Crippen molar-refractivity contribution in [3.63, 3.8) is 0 Å². The maximum atomic E-state index is 4.38. The Morgan fingerprint density at radius 3 is 2.77 bits per heavy atom. The number of nitrogens with one attached hydrogen (secondary N) is 1. The first-order valence-electron chi connectivity index (χ1n) is 7.24. The third-order valence-corrected chi connectivity index (χ3v) is 3.74. The largest absolute Gasteiger partial charge is 0.368 e. The molecule has 1 atom stereocenters. The smallest absolute Gasteiger partial charge is 0.137 e. The minimum absolute atomic E-state index is 0.224. The Hall–Kier alpha value is -2.47. The lowest BCUT2D eigenvalue weighted by molar-refractivity contribution is 0.311. The molecule has 0 amide bonds. The molecule has 6 nitrogen and oxygen atoms in total. The molecule has 0 aliphatic rings. The average Bonchev–Trinajstić information content (AvgIpc) is 2.93. The van der Waals surface area contributed by atoms with Crippen molar-refractivity contribution >= 4 is 16.7 Å². The van der Waals surface area contributed by atoms with Crippen molar-refractivity contribution in [2.24, 2.45) is 7.05 Å². The maximum Gasteiger partial charge on any atom is 0.137 e. The van der Waals surface area contributed by atoms with E-state index in [1.807, 2.05) is 48.4 Å². The summed E-state index contributed by atoms with van der Waals surface area (Å²) in [6.45, 7) is 0.750. The van der Waals surface area contributed by atoms with Gasteiger partial charge in [0.15, 0.2) is 0 Å². The number of aromatic nitrogens is 4. The summed E-state index contributed by atoms with van der Waals surface area (Å²) >= 11 is 0. The highest BCUT2D eigenvalue weighted by molar-refractivity contribution is 5.88. The standard InChI is InChI=1S/C16H20N6/c1-21(2)15(12-8-20-22(3)10-12)9-17-16-13-6-4-5-7-14(13)18-11-19-16/h4-8,10-11,15H,9H2,1-3H3,(H,17,18,19). The van der Waals surface area contributed by atoms with Gasteiger partial charge in [0.05, 0.1) is 17.8 Å². The Morgan fingerprint density at radius 2 is 2.05 bits per heavy atom. The molecule has 22 heavy (non-hydrogen) atoms. The van der Waals surface area contributed by atoms with Crippen molar-refractivity contribution in [1.82, 2.24) is 24.6 Å². The maximum absolute atomic E-state index is 4.38. The lowest BCUT2D eigenvalue weighted by Gasteiger charge is -2.24. The first-order chi connectivity index (χ1) is 10.6. The molecule has 1 unspecified atom stereocenters. The molecule has 1 N–H and O–H groups in total. The van der Waals surface area contributed by atoms with Gasteiger partial charge in [-0.2, -0.15) is 5.10 Å². The normalized spacial score (nSPS) is 12.7. The number of para-hydroxylation sites is 1. The fraction of sp³-hybridized carbons (Fsp3) is 0.312. The summed E-state index contributed by atoms with van der Waals surface area (Å²) in [7, 11) is 6.07. The van der Waals surface area contributed by atoms with E-state index in [4.69, 9.17) is 0 Å². The summed E-state index contributed by atoms with van der Waals surface area (Å²) in [6.07, 6.45) is 5.55. The number of benzene rings is 1. The number of fused-ring (bicyclic) bond motifs is 1. The number of nitrogens with zero attached hydrogens (tertiary/aromatic N) is 5. The van der Waals surface area contributed by atoms with Crippen LogP contribution in [0.1, 0.15) is 11.6 Å². The zero-order valence-corrected chi connectivity index (χ0v) is 13.1. The third kappa shape index (κ3) is 2.92. The van der Waals surface area contributed by atoms with Gasteiger partial charge in [0, 0.05) is 30.7 Å². The molecular formula is C16H20N6. The van der Waals surface area contributed by atoms with Crippen LogP contribution >= 0.6 is 0 Å². The zero-order chi connectivity index (χ0) is 15.5. The van der Waals surface area contributed by atoms with Gasteiger partial charge in [-0.25, -0.2) is 9.97 Å². The molecule has 114 valence electrons. The molecule has 0 bridgehead atoms. The number of hydrogen-bond acceptors (Lipinski definition) is 5. The van der Waals surface area contributed by atoms with E-state index in [9.17, 15) is 0 Å². The molecule has 3 rings (SSSR count). The van der Waals surface area contributed by atoms with Crippen molar-refractivity contribution in [3.8, 4) is 0 Å². The molecule has 0 saturated heterocycles. The van der Waals surface area contributed by atoms with Crippen molar-refractivity contribution in [1.29, 1.82) is 0 Å². The topological polar surface area (TPSA) is 58.9 Å². The van der Waals surface area contributed by atoms with E-state index in [1.54, 1.807) is 6.33 Å². The average molecular weight is 296 g/mol. The summed E-state index contributed by atoms with van der Waals surface area (Å²) in [4.78, 5) is 10.8. The lowest BCUT2D eigenvalue weighted by atomic mass is 10.1. The molecule has 0 radical (unpaired) electrons. The molecule has 0 spiro atoms. The van der Waals surface area contributed by atoms with Crippen molar-refractivity contribution in [2.45, 2.75) is 6.04 Å². The highest BCUT2D eigenvalue weighted by atomic mass is 15.2. The second kappa shape index (κ2) is 6.11. The van der Waals surface area contributed by atoms with Crippen LogP contribution in [0.3, 0.4) is 0 Å². The van der Waals surface area contributed by atoms with Crippen LogP contribution in [0.5, 0.6) is 0 Å². The van der Waals surface area contributed by atoms with Crippen LogP contribution in [0.15, 0.2) is 43.0 Å². The summed E-state index contributed by atoms with van der Waals surface area (Å²) in [5, 5.41) is 8.74. The van der Waals surface area contributed by atoms with Gasteiger partial charge in [0.25, 0.3) is 0 Å². The van der Waals surface area contributed by atoms with E-state index in [0.29, 0.717) is 0 Å². The second-order valence-electron chi connectivity index (χ2n) is 5.55. The Bertz CT molecular complexity index is 759. The number of hydrogen-bond donors (Lipinski definition) is 1. The molecule has 1 aromatic carbocycles. The monoisotopic (exact) mass is 296 g/mol. The number of likely N-dealkylation sites (N-methyl/N-ethyl adjacent to an activating group) is 1. The van der Waals surface area contributed by atoms with Crippen LogP contribution in [0.2, 0.25) is 0 Å². The zero-order valence-electron chi connectivity index (χ0n) is 13.1. The highest BCUT2D eigenvalue weighted by Crippen LogP contribution is 2.21. The van der Waals surface area contributed by atoms with Crippen molar-refractivity contribution < 1.29 is 0 Å². The van der Waals surface area contributed by atoms with Gasteiger partial charge in [-0.05, 0) is 26.2 Å². The van der Waals surface area contributed by atoms with Crippen LogP contribution in [0.25, 0.3) is 10.9 Å². The van der Waals surface area contributed by atoms with Gasteiger partial charge in [-0.15, -0.1) is 0 Å². The molecule has 2 heterocycles. The molecule has 0 aliphatic heterocycles. The summed E-state index contributed by atoms with van der Waals surface area (Å²) in [5.74, 6) is 0.862. The highest BCUT2D eigenvalue weighted by Gasteiger charge is 2.16. The predicted octanol–water partition coefficient (Wildman–Crippen LogP) is 2.08. The van der Waals surface area contributed by atoms with Gasteiger partial charge >= 0.3 is 0 Å². The van der Waals surface area contributed by atoms with E-state index in [2.05, 4.69) is 39.4 Å². The molecule has 0 fully saturated rings. The molecule has 2 aromatic heterocycles. The quantitative estimate of drug-likeness (QED) is 0.781. The van der Waals surface area contributed by atoms with Crippen LogP contribution in [0.4, 0.5) is 5.82 Å². The van der Waals surface area contributed by atoms with Crippen LogP contribution in [0, 0.1) is 0 Å². The van der Waals surface area contributed by atoms with Gasteiger partial charge in [-0.3, -0.25) is 4.68 Å². The third-order valence-electron chi connectivity index (χ3n) is 3.74. The second-order valence-corrected chi connectivity index (χ2v) is 5.55. The Balaban J connectivity index is 1.82. The molecule has 0 saturated carbocycles. The molecular weight excluding hydrogens is 276 g/mol. The van der Waals surface area contributed by atoms with Crippen LogP contribution < -0.4 is 5.32 Å². The molecule has 0 aliphatic carbocycles. The predicted molar refractivity (Wildman–Crippen MR) is 87.7 cm³/mol. The number of anilines is 1. The fourth-order valence-electron chi connectivity index (χ4n) is 2.55. The fourth-order valence-corrected chi connectivity index (χ4v) is 2.55. The van der Waals surface area contributed by atoms with Crippen LogP contribution in [-0.2, 0) is 7.05 Å². The van der Waals surface area contributed by atoms with Crippen LogP contribution in [-0.4, -0.2) is 45.3 Å². The van der Waals surface area contributed by atoms with Crippen molar-refractivity contribution in [3.05, 3.63) is 48.5 Å². The Labute approximate surface area is 129 Å². The molecule has 3 aromatic rings. The van der Waals surface area contributed by atoms with E-state index in [0.717, 1.165) is 23.3 Å². The van der Waals surface area contributed by atoms with E-state index >= 15 is 0 Å². The van der Waals surface area contributed by atoms with E-state index in [1.165, 1.54) is 5.56 Å². The Kier molecular flexibility index (Phi) is 4.02. The van der Waals surface area contributed by atoms with Gasteiger partial charge in [0.1, 0.15) is 12.1 Å². The van der Waals surface area contributed by atoms with Gasteiger partial charge < -0.3 is 10.2 Å². The SMILES string of the molecule is CN(C)C(CNc1ncnc2ccccc12)c1cnn(C)c1. The van der Waals surface area contributed by atoms with Gasteiger partial charge in [-0.1, -0.05) is 12.1 Å². The summed E-state index contributed by atoms with van der Waals surface area (Å²) in [5.41, 5.74) is 2.13. The van der Waals surface area contributed by atoms with Crippen molar-refractivity contribution in [2.75, 3.05) is 26.0 Å². The number of aryl methyl sites for hydroxylation is 1. The van der Waals surface area contributed by atoms with E-state index < -0.39 is 0 Å². The van der Waals surface area contributed by atoms with Gasteiger partial charge in [0.2, 0.25) is 0 Å². The first-order valence-corrected chi connectivity index (χ1v) is 7.24. The Morgan fingerprint density at radius 1 is 1.23 bits per heavy atom. The minimum atomic E-state index is 0.224.